The number of carboxylic acid groups (broad SMARTS) is 2. The van der Waals surface area contributed by atoms with Crippen LogP contribution in [0.15, 0.2) is 48.8 Å². The van der Waals surface area contributed by atoms with E-state index in [1.54, 1.807) is 0 Å². The quantitative estimate of drug-likeness (QED) is 0.503. The minimum Gasteiger partial charge on any atom is -0.478 e. The van der Waals surface area contributed by atoms with E-state index in [1.165, 1.54) is 12.1 Å². The molecule has 130 valence electrons. The molecule has 1 aromatic carbocycles. The van der Waals surface area contributed by atoms with Crippen LogP contribution in [0, 0.1) is 0 Å². The molecule has 0 aliphatic heterocycles. The Morgan fingerprint density at radius 2 is 1.48 bits per heavy atom. The fourth-order valence-corrected chi connectivity index (χ4v) is 2.33. The van der Waals surface area contributed by atoms with Crippen LogP contribution in [0.25, 0.3) is 0 Å². The Kier molecular flexibility index (Phi) is 6.22. The smallest absolute Gasteiger partial charge is 0.335 e. The summed E-state index contributed by atoms with van der Waals surface area (Å²) in [7, 11) is 0. The standard InChI is InChI=1S/C18H18N2O5/c21-16(6-2-5-9-20-7-3-1-4-8-20)19-15-11-13(17(22)23)10-14(12-15)18(24)25/h1,3-4,7-8,10-12H,2,5-6,9H2,(H2-,19,21,22,23,24,25)/p+1. The Labute approximate surface area is 144 Å². The summed E-state index contributed by atoms with van der Waals surface area (Å²) in [5.74, 6) is -2.78. The summed E-state index contributed by atoms with van der Waals surface area (Å²) in [6.45, 7) is 0.797. The van der Waals surface area contributed by atoms with Gasteiger partial charge >= 0.3 is 11.9 Å². The summed E-state index contributed by atoms with van der Waals surface area (Å²) in [6.07, 6.45) is 5.65. The minimum absolute atomic E-state index is 0.166. The number of nitrogens with zero attached hydrogens (tertiary/aromatic N) is 1. The lowest BCUT2D eigenvalue weighted by molar-refractivity contribution is -0.697. The highest BCUT2D eigenvalue weighted by Gasteiger charge is 2.13. The second-order valence-corrected chi connectivity index (χ2v) is 5.53. The van der Waals surface area contributed by atoms with Gasteiger partial charge in [-0.05, 0) is 24.6 Å². The first-order valence-electron chi connectivity index (χ1n) is 7.81. The number of hydrogen-bond donors (Lipinski definition) is 3. The van der Waals surface area contributed by atoms with E-state index in [0.717, 1.165) is 19.0 Å². The highest BCUT2D eigenvalue weighted by atomic mass is 16.4. The molecule has 0 saturated carbocycles. The highest BCUT2D eigenvalue weighted by Crippen LogP contribution is 2.16. The summed E-state index contributed by atoms with van der Waals surface area (Å²) in [6, 6.07) is 9.33. The number of aromatic nitrogens is 1. The Bertz CT molecular complexity index is 742. The van der Waals surface area contributed by atoms with Crippen LogP contribution in [0.2, 0.25) is 0 Å². The third kappa shape index (κ3) is 5.72. The number of carbonyl (C=O) groups excluding carboxylic acids is 1. The van der Waals surface area contributed by atoms with Gasteiger partial charge in [0.25, 0.3) is 0 Å². The largest absolute Gasteiger partial charge is 0.478 e. The van der Waals surface area contributed by atoms with E-state index >= 15 is 0 Å². The van der Waals surface area contributed by atoms with Crippen molar-refractivity contribution in [3.05, 3.63) is 59.9 Å². The van der Waals surface area contributed by atoms with E-state index in [-0.39, 0.29) is 29.1 Å². The molecule has 1 amide bonds. The van der Waals surface area contributed by atoms with E-state index in [0.29, 0.717) is 6.42 Å². The second-order valence-electron chi connectivity index (χ2n) is 5.53. The van der Waals surface area contributed by atoms with Crippen LogP contribution in [-0.2, 0) is 11.3 Å². The van der Waals surface area contributed by atoms with Crippen LogP contribution in [0.1, 0.15) is 40.0 Å². The summed E-state index contributed by atoms with van der Waals surface area (Å²) in [5.41, 5.74) is -0.203. The molecule has 2 aromatic rings. The molecule has 7 nitrogen and oxygen atoms in total. The van der Waals surface area contributed by atoms with Crippen LogP contribution in [0.4, 0.5) is 5.69 Å². The maximum absolute atomic E-state index is 12.0. The van der Waals surface area contributed by atoms with Crippen molar-refractivity contribution >= 4 is 23.5 Å². The number of carboxylic acids is 2. The van der Waals surface area contributed by atoms with Crippen molar-refractivity contribution in [2.24, 2.45) is 0 Å². The SMILES string of the molecule is O=C(CCCC[n+]1ccccc1)Nc1cc(C(=O)O)cc(C(=O)O)c1. The normalized spacial score (nSPS) is 10.2. The van der Waals surface area contributed by atoms with Gasteiger partial charge < -0.3 is 15.5 Å². The van der Waals surface area contributed by atoms with Crippen molar-refractivity contribution < 1.29 is 29.2 Å². The molecule has 0 unspecified atom stereocenters. The number of unbranched alkanes of at least 4 members (excludes halogenated alkanes) is 1. The number of nitrogens with one attached hydrogen (secondary N) is 1. The predicted octanol–water partition coefficient (Wildman–Crippen LogP) is 2.18. The molecule has 0 bridgehead atoms. The molecule has 1 aromatic heterocycles. The van der Waals surface area contributed by atoms with Crippen molar-refractivity contribution in [1.82, 2.24) is 0 Å². The van der Waals surface area contributed by atoms with E-state index in [4.69, 9.17) is 10.2 Å². The maximum atomic E-state index is 12.0. The number of rotatable bonds is 8. The van der Waals surface area contributed by atoms with Crippen molar-refractivity contribution in [3.63, 3.8) is 0 Å². The Morgan fingerprint density at radius 3 is 2.04 bits per heavy atom. The van der Waals surface area contributed by atoms with Crippen molar-refractivity contribution in [1.29, 1.82) is 0 Å². The van der Waals surface area contributed by atoms with Crippen LogP contribution in [0.3, 0.4) is 0 Å². The summed E-state index contributed by atoms with van der Waals surface area (Å²) in [5, 5.41) is 20.6. The lowest BCUT2D eigenvalue weighted by atomic mass is 10.1. The van der Waals surface area contributed by atoms with Crippen molar-refractivity contribution in [2.45, 2.75) is 25.8 Å². The van der Waals surface area contributed by atoms with Crippen LogP contribution in [-0.4, -0.2) is 28.1 Å². The lowest BCUT2D eigenvalue weighted by Crippen LogP contribution is -2.32. The van der Waals surface area contributed by atoms with E-state index < -0.39 is 11.9 Å². The average molecular weight is 343 g/mol. The molecule has 3 N–H and O–H groups in total. The number of hydrogen-bond acceptors (Lipinski definition) is 3. The zero-order chi connectivity index (χ0) is 18.2. The molecule has 0 aliphatic rings. The first-order chi connectivity index (χ1) is 12.0. The van der Waals surface area contributed by atoms with Gasteiger partial charge in [-0.2, -0.15) is 0 Å². The van der Waals surface area contributed by atoms with E-state index in [1.807, 2.05) is 35.2 Å². The second kappa shape index (κ2) is 8.58. The zero-order valence-corrected chi connectivity index (χ0v) is 13.5. The van der Waals surface area contributed by atoms with E-state index in [9.17, 15) is 14.4 Å². The Balaban J connectivity index is 1.89. The molecule has 2 rings (SSSR count). The van der Waals surface area contributed by atoms with Crippen LogP contribution < -0.4 is 9.88 Å². The molecule has 0 atom stereocenters. The fraction of sp³-hybridized carbons (Fsp3) is 0.222. The molecular weight excluding hydrogens is 324 g/mol. The number of aromatic carboxylic acids is 2. The predicted molar refractivity (Wildman–Crippen MR) is 89.5 cm³/mol. The van der Waals surface area contributed by atoms with Gasteiger partial charge in [-0.15, -0.1) is 0 Å². The topological polar surface area (TPSA) is 108 Å². The number of aryl methyl sites for hydroxylation is 1. The molecule has 0 radical (unpaired) electrons. The highest BCUT2D eigenvalue weighted by molar-refractivity contribution is 5.98. The third-order valence-corrected chi connectivity index (χ3v) is 3.56. The van der Waals surface area contributed by atoms with Crippen molar-refractivity contribution in [2.75, 3.05) is 5.32 Å². The Morgan fingerprint density at radius 1 is 0.880 bits per heavy atom. The zero-order valence-electron chi connectivity index (χ0n) is 13.5. The van der Waals surface area contributed by atoms with Gasteiger partial charge in [-0.1, -0.05) is 6.07 Å². The first kappa shape index (κ1) is 18.1. The van der Waals surface area contributed by atoms with Gasteiger partial charge in [0, 0.05) is 30.7 Å². The molecule has 1 heterocycles. The maximum Gasteiger partial charge on any atom is 0.335 e. The fourth-order valence-electron chi connectivity index (χ4n) is 2.33. The van der Waals surface area contributed by atoms with Crippen LogP contribution in [0.5, 0.6) is 0 Å². The number of pyridine rings is 1. The molecule has 0 aliphatic carbocycles. The average Bonchev–Trinajstić information content (AvgIpc) is 2.59. The monoisotopic (exact) mass is 343 g/mol. The van der Waals surface area contributed by atoms with Crippen LogP contribution >= 0.6 is 0 Å². The number of anilines is 1. The molecule has 7 heteroatoms. The summed E-state index contributed by atoms with van der Waals surface area (Å²) >= 11 is 0. The number of benzene rings is 1. The van der Waals surface area contributed by atoms with Crippen molar-refractivity contribution in [3.8, 4) is 0 Å². The van der Waals surface area contributed by atoms with E-state index in [2.05, 4.69) is 5.32 Å². The van der Waals surface area contributed by atoms with Gasteiger partial charge in [-0.3, -0.25) is 4.79 Å². The summed E-state index contributed by atoms with van der Waals surface area (Å²) < 4.78 is 2.02. The molecule has 0 fully saturated rings. The van der Waals surface area contributed by atoms with Gasteiger partial charge in [0.15, 0.2) is 12.4 Å². The molecule has 25 heavy (non-hydrogen) atoms. The minimum atomic E-state index is -1.25. The molecule has 0 spiro atoms. The summed E-state index contributed by atoms with van der Waals surface area (Å²) in [4.78, 5) is 34.1. The van der Waals surface area contributed by atoms with Gasteiger partial charge in [0.05, 0.1) is 11.1 Å². The third-order valence-electron chi connectivity index (χ3n) is 3.56. The van der Waals surface area contributed by atoms with Gasteiger partial charge in [0.2, 0.25) is 5.91 Å². The number of carbonyl (C=O) groups is 3. The first-order valence-corrected chi connectivity index (χ1v) is 7.81. The molecule has 0 saturated heterocycles. The van der Waals surface area contributed by atoms with Gasteiger partial charge in [0.1, 0.15) is 6.54 Å². The molecular formula is C18H19N2O5+. The van der Waals surface area contributed by atoms with Gasteiger partial charge in [-0.25, -0.2) is 14.2 Å². The number of amides is 1. The Hall–Kier alpha value is -3.22. The lowest BCUT2D eigenvalue weighted by Gasteiger charge is -2.07.